The molecule has 2 heterocycles. The minimum atomic E-state index is -0.0373. The third-order valence-corrected chi connectivity index (χ3v) is 4.68. The summed E-state index contributed by atoms with van der Waals surface area (Å²) in [6, 6.07) is 5.56. The van der Waals surface area contributed by atoms with E-state index >= 15 is 0 Å². The first-order valence-electron chi connectivity index (χ1n) is 7.62. The van der Waals surface area contributed by atoms with Crippen LogP contribution in [0.1, 0.15) is 53.2 Å². The molecule has 1 aromatic heterocycles. The average Bonchev–Trinajstić information content (AvgIpc) is 2.42. The molecule has 0 spiro atoms. The number of aromatic nitrogens is 1. The molecule has 0 N–H and O–H groups in total. The van der Waals surface area contributed by atoms with Crippen LogP contribution in [-0.2, 0) is 0 Å². The summed E-state index contributed by atoms with van der Waals surface area (Å²) in [6.45, 7) is 12.3. The molecule has 1 unspecified atom stereocenters. The lowest BCUT2D eigenvalue weighted by atomic mass is 9.77. The first kappa shape index (κ1) is 15.8. The van der Waals surface area contributed by atoms with Gasteiger partial charge in [-0.05, 0) is 59.2 Å². The van der Waals surface area contributed by atoms with Gasteiger partial charge in [-0.3, -0.25) is 4.90 Å². The molecule has 2 rings (SSSR count). The quantitative estimate of drug-likeness (QED) is 0.855. The zero-order valence-electron chi connectivity index (χ0n) is 13.7. The molecular formula is C17H25N3O. The van der Waals surface area contributed by atoms with E-state index in [9.17, 15) is 0 Å². The Morgan fingerprint density at radius 3 is 2.62 bits per heavy atom. The molecule has 0 bridgehead atoms. The molecule has 4 heteroatoms. The lowest BCUT2D eigenvalue weighted by Gasteiger charge is -2.55. The first-order valence-corrected chi connectivity index (χ1v) is 7.62. The second kappa shape index (κ2) is 5.65. The van der Waals surface area contributed by atoms with Gasteiger partial charge in [-0.25, -0.2) is 4.98 Å². The van der Waals surface area contributed by atoms with Crippen molar-refractivity contribution in [2.75, 3.05) is 6.54 Å². The predicted octanol–water partition coefficient (Wildman–Crippen LogP) is 3.37. The monoisotopic (exact) mass is 287 g/mol. The van der Waals surface area contributed by atoms with Crippen molar-refractivity contribution >= 4 is 0 Å². The Kier molecular flexibility index (Phi) is 4.25. The van der Waals surface area contributed by atoms with Gasteiger partial charge in [0, 0.05) is 5.54 Å². The normalized spacial score (nSPS) is 24.3. The summed E-state index contributed by atoms with van der Waals surface area (Å²) in [7, 11) is 0. The van der Waals surface area contributed by atoms with Gasteiger partial charge in [-0.15, -0.1) is 0 Å². The van der Waals surface area contributed by atoms with Crippen molar-refractivity contribution in [3.05, 3.63) is 24.0 Å². The van der Waals surface area contributed by atoms with Crippen LogP contribution in [0.3, 0.4) is 0 Å². The molecule has 0 radical (unpaired) electrons. The van der Waals surface area contributed by atoms with Crippen molar-refractivity contribution in [3.8, 4) is 11.8 Å². The Balaban J connectivity index is 2.18. The summed E-state index contributed by atoms with van der Waals surface area (Å²) < 4.78 is 6.18. The Hall–Kier alpha value is -1.60. The number of piperidine rings is 1. The van der Waals surface area contributed by atoms with Crippen molar-refractivity contribution in [3.63, 3.8) is 0 Å². The first-order chi connectivity index (χ1) is 9.81. The van der Waals surface area contributed by atoms with Gasteiger partial charge in [0.1, 0.15) is 23.6 Å². The largest absolute Gasteiger partial charge is 0.487 e. The molecule has 0 saturated carbocycles. The second-order valence-electron chi connectivity index (χ2n) is 6.85. The maximum Gasteiger partial charge on any atom is 0.140 e. The van der Waals surface area contributed by atoms with Crippen LogP contribution < -0.4 is 4.74 Å². The van der Waals surface area contributed by atoms with E-state index in [1.54, 1.807) is 12.3 Å². The van der Waals surface area contributed by atoms with Crippen LogP contribution in [0.15, 0.2) is 18.3 Å². The number of nitriles is 1. The minimum absolute atomic E-state index is 0.0373. The molecule has 1 saturated heterocycles. The summed E-state index contributed by atoms with van der Waals surface area (Å²) in [6.07, 6.45) is 3.90. The van der Waals surface area contributed by atoms with E-state index in [2.05, 4.69) is 44.5 Å². The number of rotatable bonds is 3. The molecule has 1 aliphatic heterocycles. The highest BCUT2D eigenvalue weighted by Gasteiger charge is 2.47. The van der Waals surface area contributed by atoms with Gasteiger partial charge in [0.15, 0.2) is 0 Å². The van der Waals surface area contributed by atoms with Crippen LogP contribution in [0.5, 0.6) is 5.75 Å². The summed E-state index contributed by atoms with van der Waals surface area (Å²) in [5.41, 5.74) is 0.576. The third-order valence-electron chi connectivity index (χ3n) is 4.68. The van der Waals surface area contributed by atoms with Gasteiger partial charge in [0.25, 0.3) is 0 Å². The number of hydrogen-bond acceptors (Lipinski definition) is 4. The third kappa shape index (κ3) is 3.03. The molecular weight excluding hydrogens is 262 g/mol. The highest BCUT2D eigenvalue weighted by Crippen LogP contribution is 2.39. The number of nitrogens with zero attached hydrogens (tertiary/aromatic N) is 3. The maximum absolute atomic E-state index is 8.80. The van der Waals surface area contributed by atoms with Gasteiger partial charge in [0.05, 0.1) is 11.7 Å². The summed E-state index contributed by atoms with van der Waals surface area (Å²) in [4.78, 5) is 6.60. The van der Waals surface area contributed by atoms with Crippen LogP contribution in [0, 0.1) is 11.3 Å². The van der Waals surface area contributed by atoms with E-state index in [1.165, 1.54) is 0 Å². The zero-order valence-corrected chi connectivity index (χ0v) is 13.7. The SMILES string of the molecule is CCN1C(C)(C)CCC(Oc2ccc(C#N)nc2)C1(C)C. The maximum atomic E-state index is 8.80. The fourth-order valence-corrected chi connectivity index (χ4v) is 3.65. The molecule has 0 aliphatic carbocycles. The molecule has 1 aromatic rings. The van der Waals surface area contributed by atoms with Crippen molar-refractivity contribution in [2.45, 2.75) is 64.6 Å². The number of likely N-dealkylation sites (N-methyl/N-ethyl adjacent to an activating group) is 1. The lowest BCUT2D eigenvalue weighted by Crippen LogP contribution is -2.65. The van der Waals surface area contributed by atoms with Gasteiger partial charge in [-0.2, -0.15) is 5.26 Å². The molecule has 0 aromatic carbocycles. The summed E-state index contributed by atoms with van der Waals surface area (Å²) in [5.74, 6) is 0.739. The van der Waals surface area contributed by atoms with Crippen LogP contribution in [0.2, 0.25) is 0 Å². The van der Waals surface area contributed by atoms with Gasteiger partial charge >= 0.3 is 0 Å². The Morgan fingerprint density at radius 1 is 1.38 bits per heavy atom. The highest BCUT2D eigenvalue weighted by molar-refractivity contribution is 5.27. The fourth-order valence-electron chi connectivity index (χ4n) is 3.65. The van der Waals surface area contributed by atoms with Crippen molar-refractivity contribution in [1.82, 2.24) is 9.88 Å². The van der Waals surface area contributed by atoms with Crippen LogP contribution in [-0.4, -0.2) is 33.6 Å². The van der Waals surface area contributed by atoms with Gasteiger partial charge in [-0.1, -0.05) is 6.92 Å². The smallest absolute Gasteiger partial charge is 0.140 e. The molecule has 1 fully saturated rings. The van der Waals surface area contributed by atoms with Crippen LogP contribution in [0.4, 0.5) is 0 Å². The van der Waals surface area contributed by atoms with Crippen LogP contribution in [0.25, 0.3) is 0 Å². The molecule has 4 nitrogen and oxygen atoms in total. The van der Waals surface area contributed by atoms with E-state index in [1.807, 2.05) is 12.1 Å². The summed E-state index contributed by atoms with van der Waals surface area (Å²) in [5, 5.41) is 8.80. The van der Waals surface area contributed by atoms with E-state index in [0.717, 1.165) is 25.1 Å². The molecule has 1 aliphatic rings. The second-order valence-corrected chi connectivity index (χ2v) is 6.85. The number of ether oxygens (including phenoxy) is 1. The Bertz CT molecular complexity index is 528. The number of pyridine rings is 1. The lowest BCUT2D eigenvalue weighted by molar-refractivity contribution is -0.0916. The van der Waals surface area contributed by atoms with Crippen molar-refractivity contribution < 1.29 is 4.74 Å². The van der Waals surface area contributed by atoms with Crippen LogP contribution >= 0.6 is 0 Å². The number of likely N-dealkylation sites (tertiary alicyclic amines) is 1. The summed E-state index contributed by atoms with van der Waals surface area (Å²) >= 11 is 0. The Morgan fingerprint density at radius 2 is 2.10 bits per heavy atom. The molecule has 21 heavy (non-hydrogen) atoms. The van der Waals surface area contributed by atoms with Gasteiger partial charge < -0.3 is 4.74 Å². The standard InChI is InChI=1S/C17H25N3O/c1-6-20-16(2,3)10-9-15(17(20,4)5)21-14-8-7-13(11-18)19-12-14/h7-8,12,15H,6,9-10H2,1-5H3. The average molecular weight is 287 g/mol. The highest BCUT2D eigenvalue weighted by atomic mass is 16.5. The Labute approximate surface area is 127 Å². The zero-order chi connectivity index (χ0) is 15.7. The van der Waals surface area contributed by atoms with E-state index < -0.39 is 0 Å². The predicted molar refractivity (Wildman–Crippen MR) is 83.1 cm³/mol. The van der Waals surface area contributed by atoms with E-state index in [-0.39, 0.29) is 17.2 Å². The topological polar surface area (TPSA) is 49.1 Å². The molecule has 114 valence electrons. The van der Waals surface area contributed by atoms with Gasteiger partial charge in [0.2, 0.25) is 0 Å². The van der Waals surface area contributed by atoms with E-state index in [4.69, 9.17) is 10.00 Å². The van der Waals surface area contributed by atoms with E-state index in [0.29, 0.717) is 5.69 Å². The van der Waals surface area contributed by atoms with Crippen molar-refractivity contribution in [2.24, 2.45) is 0 Å². The minimum Gasteiger partial charge on any atom is -0.487 e. The van der Waals surface area contributed by atoms with Crippen molar-refractivity contribution in [1.29, 1.82) is 5.26 Å². The fraction of sp³-hybridized carbons (Fsp3) is 0.647. The number of hydrogen-bond donors (Lipinski definition) is 0. The molecule has 1 atom stereocenters. The molecule has 0 amide bonds.